The standard InChI is InChI=1S/C9H22N2O/c1-8(2)12-7-6-11(10)9(3,4)5/h8H,6-7,10H2,1-5H3. The lowest BCUT2D eigenvalue weighted by Crippen LogP contribution is -2.48. The smallest absolute Gasteiger partial charge is 0.0611 e. The first-order chi connectivity index (χ1) is 5.34. The Bertz CT molecular complexity index is 118. The van der Waals surface area contributed by atoms with Gasteiger partial charge in [-0.2, -0.15) is 0 Å². The van der Waals surface area contributed by atoms with Gasteiger partial charge in [0.25, 0.3) is 0 Å². The second kappa shape index (κ2) is 4.80. The number of hydrogen-bond acceptors (Lipinski definition) is 3. The molecule has 0 aromatic heterocycles. The van der Waals surface area contributed by atoms with Crippen molar-refractivity contribution in [3.63, 3.8) is 0 Å². The predicted molar refractivity (Wildman–Crippen MR) is 51.7 cm³/mol. The number of nitrogens with zero attached hydrogens (tertiary/aromatic N) is 1. The van der Waals surface area contributed by atoms with E-state index >= 15 is 0 Å². The van der Waals surface area contributed by atoms with E-state index in [1.54, 1.807) is 5.01 Å². The maximum absolute atomic E-state index is 5.79. The molecule has 0 atom stereocenters. The summed E-state index contributed by atoms with van der Waals surface area (Å²) < 4.78 is 5.39. The Hall–Kier alpha value is -0.120. The van der Waals surface area contributed by atoms with E-state index in [1.807, 2.05) is 13.8 Å². The highest BCUT2D eigenvalue weighted by Gasteiger charge is 2.16. The van der Waals surface area contributed by atoms with Crippen LogP contribution < -0.4 is 5.84 Å². The molecule has 0 fully saturated rings. The second-order valence-corrected chi connectivity index (χ2v) is 4.28. The average molecular weight is 174 g/mol. The van der Waals surface area contributed by atoms with Gasteiger partial charge in [0.15, 0.2) is 0 Å². The summed E-state index contributed by atoms with van der Waals surface area (Å²) in [7, 11) is 0. The number of hydrogen-bond donors (Lipinski definition) is 1. The van der Waals surface area contributed by atoms with E-state index in [9.17, 15) is 0 Å². The molecule has 0 saturated heterocycles. The minimum atomic E-state index is 0.0281. The van der Waals surface area contributed by atoms with Gasteiger partial charge in [0.1, 0.15) is 0 Å². The number of nitrogens with two attached hydrogens (primary N) is 1. The Morgan fingerprint density at radius 2 is 1.83 bits per heavy atom. The van der Waals surface area contributed by atoms with Gasteiger partial charge in [-0.05, 0) is 34.6 Å². The van der Waals surface area contributed by atoms with Crippen molar-refractivity contribution < 1.29 is 4.74 Å². The van der Waals surface area contributed by atoms with Crippen molar-refractivity contribution in [3.8, 4) is 0 Å². The first-order valence-corrected chi connectivity index (χ1v) is 4.48. The Morgan fingerprint density at radius 3 is 2.17 bits per heavy atom. The van der Waals surface area contributed by atoms with Crippen molar-refractivity contribution in [3.05, 3.63) is 0 Å². The maximum atomic E-state index is 5.79. The lowest BCUT2D eigenvalue weighted by atomic mass is 10.1. The maximum Gasteiger partial charge on any atom is 0.0611 e. The fourth-order valence-corrected chi connectivity index (χ4v) is 0.722. The van der Waals surface area contributed by atoms with Crippen LogP contribution in [0.2, 0.25) is 0 Å². The zero-order chi connectivity index (χ0) is 9.78. The van der Waals surface area contributed by atoms with E-state index in [0.717, 1.165) is 6.54 Å². The van der Waals surface area contributed by atoms with Gasteiger partial charge in [0, 0.05) is 12.1 Å². The molecule has 74 valence electrons. The van der Waals surface area contributed by atoms with Crippen LogP contribution in [0, 0.1) is 0 Å². The number of rotatable bonds is 4. The molecule has 2 N–H and O–H groups in total. The molecule has 0 radical (unpaired) electrons. The lowest BCUT2D eigenvalue weighted by molar-refractivity contribution is 0.0350. The van der Waals surface area contributed by atoms with Crippen LogP contribution in [0.4, 0.5) is 0 Å². The van der Waals surface area contributed by atoms with Crippen LogP contribution in [0.3, 0.4) is 0 Å². The number of ether oxygens (including phenoxy) is 1. The van der Waals surface area contributed by atoms with Crippen molar-refractivity contribution in [2.45, 2.75) is 46.3 Å². The van der Waals surface area contributed by atoms with Gasteiger partial charge in [-0.1, -0.05) is 0 Å². The summed E-state index contributed by atoms with van der Waals surface area (Å²) in [5, 5.41) is 1.80. The topological polar surface area (TPSA) is 38.5 Å². The Balaban J connectivity index is 3.51. The summed E-state index contributed by atoms with van der Waals surface area (Å²) in [4.78, 5) is 0. The van der Waals surface area contributed by atoms with Gasteiger partial charge < -0.3 is 4.74 Å². The van der Waals surface area contributed by atoms with E-state index < -0.39 is 0 Å². The monoisotopic (exact) mass is 174 g/mol. The largest absolute Gasteiger partial charge is 0.377 e. The molecule has 0 amide bonds. The zero-order valence-corrected chi connectivity index (χ0v) is 8.92. The van der Waals surface area contributed by atoms with Crippen LogP contribution in [0.1, 0.15) is 34.6 Å². The van der Waals surface area contributed by atoms with Gasteiger partial charge in [-0.3, -0.25) is 5.84 Å². The highest BCUT2D eigenvalue weighted by atomic mass is 16.5. The van der Waals surface area contributed by atoms with Gasteiger partial charge >= 0.3 is 0 Å². The molecule has 0 rings (SSSR count). The summed E-state index contributed by atoms with van der Waals surface area (Å²) in [6.45, 7) is 11.8. The molecule has 0 bridgehead atoms. The van der Waals surface area contributed by atoms with Crippen molar-refractivity contribution >= 4 is 0 Å². The third kappa shape index (κ3) is 5.52. The summed E-state index contributed by atoms with van der Waals surface area (Å²) in [6.07, 6.45) is 0.290. The lowest BCUT2D eigenvalue weighted by Gasteiger charge is -2.31. The summed E-state index contributed by atoms with van der Waals surface area (Å²) >= 11 is 0. The summed E-state index contributed by atoms with van der Waals surface area (Å²) in [6, 6.07) is 0. The summed E-state index contributed by atoms with van der Waals surface area (Å²) in [5.74, 6) is 5.79. The van der Waals surface area contributed by atoms with E-state index in [-0.39, 0.29) is 5.54 Å². The third-order valence-corrected chi connectivity index (χ3v) is 1.65. The highest BCUT2D eigenvalue weighted by molar-refractivity contribution is 4.70. The molecule has 0 unspecified atom stereocenters. The molecular weight excluding hydrogens is 152 g/mol. The van der Waals surface area contributed by atoms with E-state index in [0.29, 0.717) is 12.7 Å². The minimum Gasteiger partial charge on any atom is -0.377 e. The normalized spacial score (nSPS) is 13.0. The van der Waals surface area contributed by atoms with Gasteiger partial charge in [-0.15, -0.1) is 0 Å². The highest BCUT2D eigenvalue weighted by Crippen LogP contribution is 2.07. The average Bonchev–Trinajstić information content (AvgIpc) is 1.84. The SMILES string of the molecule is CC(C)OCCN(N)C(C)(C)C. The van der Waals surface area contributed by atoms with Crippen LogP contribution in [0.25, 0.3) is 0 Å². The molecule has 3 heteroatoms. The van der Waals surface area contributed by atoms with E-state index in [4.69, 9.17) is 10.6 Å². The van der Waals surface area contributed by atoms with Crippen molar-refractivity contribution in [1.82, 2.24) is 5.01 Å². The number of hydrazine groups is 1. The van der Waals surface area contributed by atoms with E-state index in [1.165, 1.54) is 0 Å². The van der Waals surface area contributed by atoms with Gasteiger partial charge in [0.05, 0.1) is 12.7 Å². The first-order valence-electron chi connectivity index (χ1n) is 4.48. The molecule has 0 aliphatic heterocycles. The molecule has 3 nitrogen and oxygen atoms in total. The molecular formula is C9H22N2O. The molecule has 0 heterocycles. The minimum absolute atomic E-state index is 0.0281. The third-order valence-electron chi connectivity index (χ3n) is 1.65. The van der Waals surface area contributed by atoms with Crippen LogP contribution in [-0.2, 0) is 4.74 Å². The van der Waals surface area contributed by atoms with Gasteiger partial charge in [0.2, 0.25) is 0 Å². The molecule has 0 aliphatic rings. The van der Waals surface area contributed by atoms with Crippen molar-refractivity contribution in [2.24, 2.45) is 5.84 Å². The fraction of sp³-hybridized carbons (Fsp3) is 1.00. The molecule has 0 aliphatic carbocycles. The van der Waals surface area contributed by atoms with Crippen LogP contribution >= 0.6 is 0 Å². The first kappa shape index (κ1) is 11.9. The summed E-state index contributed by atoms with van der Waals surface area (Å²) in [5.41, 5.74) is 0.0281. The molecule has 0 aromatic carbocycles. The Labute approximate surface area is 75.8 Å². The molecule has 12 heavy (non-hydrogen) atoms. The zero-order valence-electron chi connectivity index (χ0n) is 8.92. The van der Waals surface area contributed by atoms with Crippen molar-refractivity contribution in [1.29, 1.82) is 0 Å². The molecule has 0 saturated carbocycles. The van der Waals surface area contributed by atoms with Crippen LogP contribution in [-0.4, -0.2) is 29.8 Å². The fourth-order valence-electron chi connectivity index (χ4n) is 0.722. The van der Waals surface area contributed by atoms with Crippen molar-refractivity contribution in [2.75, 3.05) is 13.2 Å². The van der Waals surface area contributed by atoms with Crippen LogP contribution in [0.5, 0.6) is 0 Å². The van der Waals surface area contributed by atoms with E-state index in [2.05, 4.69) is 20.8 Å². The second-order valence-electron chi connectivity index (χ2n) is 4.28. The molecule has 0 spiro atoms. The van der Waals surface area contributed by atoms with Gasteiger partial charge in [-0.25, -0.2) is 5.01 Å². The molecule has 0 aromatic rings. The quantitative estimate of drug-likeness (QED) is 0.517. The Kier molecular flexibility index (Phi) is 4.75. The predicted octanol–water partition coefficient (Wildman–Crippen LogP) is 1.39. The Morgan fingerprint density at radius 1 is 1.33 bits per heavy atom. The van der Waals surface area contributed by atoms with Crippen LogP contribution in [0.15, 0.2) is 0 Å².